The van der Waals surface area contributed by atoms with E-state index in [-0.39, 0.29) is 18.0 Å². The minimum absolute atomic E-state index is 0.124. The highest BCUT2D eigenvalue weighted by Crippen LogP contribution is 2.22. The zero-order valence-electron chi connectivity index (χ0n) is 15.5. The molecule has 1 fully saturated rings. The molecule has 26 heavy (non-hydrogen) atoms. The molecule has 136 valence electrons. The lowest BCUT2D eigenvalue weighted by atomic mass is 10.0. The van der Waals surface area contributed by atoms with Gasteiger partial charge in [0.1, 0.15) is 6.04 Å². The summed E-state index contributed by atoms with van der Waals surface area (Å²) in [5.74, 6) is 0.366. The highest BCUT2D eigenvalue weighted by atomic mass is 16.2. The average molecular weight is 350 g/mol. The molecule has 2 unspecified atom stereocenters. The lowest BCUT2D eigenvalue weighted by molar-refractivity contribution is -0.122. The molecule has 0 radical (unpaired) electrons. The molecule has 3 rings (SSSR count). The number of amides is 1. The molecule has 0 saturated carbocycles. The summed E-state index contributed by atoms with van der Waals surface area (Å²) in [6.45, 7) is 6.39. The number of hydrazine groups is 1. The topological polar surface area (TPSA) is 65.5 Å². The van der Waals surface area contributed by atoms with Gasteiger partial charge in [-0.3, -0.25) is 4.79 Å². The van der Waals surface area contributed by atoms with Crippen LogP contribution in [0.1, 0.15) is 54.5 Å². The van der Waals surface area contributed by atoms with Crippen LogP contribution in [0.3, 0.4) is 0 Å². The molecule has 2 aromatic carbocycles. The Bertz CT molecular complexity index is 766. The van der Waals surface area contributed by atoms with Gasteiger partial charge >= 0.3 is 0 Å². The van der Waals surface area contributed by atoms with Gasteiger partial charge in [0.25, 0.3) is 5.91 Å². The molecule has 1 heterocycles. The first-order valence-electron chi connectivity index (χ1n) is 9.03. The van der Waals surface area contributed by atoms with Gasteiger partial charge in [0.2, 0.25) is 0 Å². The second kappa shape index (κ2) is 8.25. The van der Waals surface area contributed by atoms with Crippen molar-refractivity contribution in [3.63, 3.8) is 0 Å². The smallest absolute Gasteiger partial charge is 0.258 e. The molecule has 0 aliphatic carbocycles. The van der Waals surface area contributed by atoms with E-state index in [1.54, 1.807) is 6.21 Å². The van der Waals surface area contributed by atoms with Crippen LogP contribution >= 0.6 is 0 Å². The first-order valence-corrected chi connectivity index (χ1v) is 9.03. The van der Waals surface area contributed by atoms with Crippen LogP contribution in [0.15, 0.2) is 53.6 Å². The second-order valence-electron chi connectivity index (χ2n) is 7.10. The van der Waals surface area contributed by atoms with E-state index in [0.29, 0.717) is 12.3 Å². The molecule has 1 saturated heterocycles. The molecule has 2 aromatic rings. The highest BCUT2D eigenvalue weighted by molar-refractivity contribution is 5.85. The molecular formula is C21H26N4O. The number of carbonyl (C=O) groups excluding carboxylic acids is 1. The first-order chi connectivity index (χ1) is 12.5. The van der Waals surface area contributed by atoms with Gasteiger partial charge in [0.05, 0.1) is 6.21 Å². The lowest BCUT2D eigenvalue weighted by Crippen LogP contribution is -2.41. The van der Waals surface area contributed by atoms with E-state index in [9.17, 15) is 4.79 Å². The standard InChI is InChI=1S/C21H26N4O/c1-14(2)17-10-6-16(7-11-17)13-22-25-21(26)20-12-19(23-24-20)18-8-4-15(3)5-9-18/h4-11,13-14,19-20,23-24H,12H2,1-3H3,(H,25,26)/b22-13+. The summed E-state index contributed by atoms with van der Waals surface area (Å²) in [5, 5.41) is 4.08. The largest absolute Gasteiger partial charge is 0.271 e. The summed E-state index contributed by atoms with van der Waals surface area (Å²) in [6, 6.07) is 16.4. The number of rotatable bonds is 5. The van der Waals surface area contributed by atoms with Crippen LogP contribution in [0, 0.1) is 6.92 Å². The highest BCUT2D eigenvalue weighted by Gasteiger charge is 2.29. The summed E-state index contributed by atoms with van der Waals surface area (Å²) >= 11 is 0. The molecule has 0 aromatic heterocycles. The third kappa shape index (κ3) is 4.56. The fourth-order valence-corrected chi connectivity index (χ4v) is 2.96. The van der Waals surface area contributed by atoms with Crippen LogP contribution in [0.5, 0.6) is 0 Å². The van der Waals surface area contributed by atoms with Crippen LogP contribution in [0.25, 0.3) is 0 Å². The summed E-state index contributed by atoms with van der Waals surface area (Å²) < 4.78 is 0. The SMILES string of the molecule is Cc1ccc(C2CC(C(=O)N/N=C/c3ccc(C(C)C)cc3)NN2)cc1. The summed E-state index contributed by atoms with van der Waals surface area (Å²) in [5.41, 5.74) is 13.5. The van der Waals surface area contributed by atoms with Crippen molar-refractivity contribution in [2.24, 2.45) is 5.10 Å². The number of hydrazone groups is 1. The normalized spacial score (nSPS) is 20.0. The number of nitrogens with zero attached hydrogens (tertiary/aromatic N) is 1. The molecule has 1 amide bonds. The predicted molar refractivity (Wildman–Crippen MR) is 105 cm³/mol. The Balaban J connectivity index is 1.51. The van der Waals surface area contributed by atoms with Crippen LogP contribution in [0.2, 0.25) is 0 Å². The first kappa shape index (κ1) is 18.3. The van der Waals surface area contributed by atoms with Gasteiger partial charge in [-0.2, -0.15) is 5.10 Å². The minimum Gasteiger partial charge on any atom is -0.271 e. The maximum atomic E-state index is 12.3. The van der Waals surface area contributed by atoms with Crippen molar-refractivity contribution in [2.75, 3.05) is 0 Å². The van der Waals surface area contributed by atoms with E-state index in [2.05, 4.69) is 78.5 Å². The van der Waals surface area contributed by atoms with Gasteiger partial charge in [-0.05, 0) is 36.0 Å². The number of nitrogens with one attached hydrogen (secondary N) is 3. The summed E-state index contributed by atoms with van der Waals surface area (Å²) in [6.07, 6.45) is 2.36. The average Bonchev–Trinajstić information content (AvgIpc) is 3.13. The van der Waals surface area contributed by atoms with E-state index in [1.807, 2.05) is 12.1 Å². The third-order valence-corrected chi connectivity index (χ3v) is 4.69. The van der Waals surface area contributed by atoms with Crippen LogP contribution < -0.4 is 16.3 Å². The van der Waals surface area contributed by atoms with Crippen molar-refractivity contribution < 1.29 is 4.79 Å². The molecular weight excluding hydrogens is 324 g/mol. The van der Waals surface area contributed by atoms with Crippen LogP contribution in [-0.2, 0) is 4.79 Å². The Morgan fingerprint density at radius 1 is 1.12 bits per heavy atom. The van der Waals surface area contributed by atoms with Crippen molar-refractivity contribution in [1.82, 2.24) is 16.3 Å². The van der Waals surface area contributed by atoms with Crippen molar-refractivity contribution in [2.45, 2.75) is 45.2 Å². The van der Waals surface area contributed by atoms with Crippen LogP contribution in [-0.4, -0.2) is 18.2 Å². The second-order valence-corrected chi connectivity index (χ2v) is 7.10. The third-order valence-electron chi connectivity index (χ3n) is 4.69. The predicted octanol–water partition coefficient (Wildman–Crippen LogP) is 3.18. The van der Waals surface area contributed by atoms with Crippen LogP contribution in [0.4, 0.5) is 0 Å². The number of hydrogen-bond donors (Lipinski definition) is 3. The maximum absolute atomic E-state index is 12.3. The Kier molecular flexibility index (Phi) is 5.81. The Morgan fingerprint density at radius 3 is 2.46 bits per heavy atom. The number of carbonyl (C=O) groups is 1. The van der Waals surface area contributed by atoms with Crippen molar-refractivity contribution >= 4 is 12.1 Å². The Morgan fingerprint density at radius 2 is 1.81 bits per heavy atom. The maximum Gasteiger partial charge on any atom is 0.258 e. The van der Waals surface area contributed by atoms with Gasteiger partial charge in [0.15, 0.2) is 0 Å². The Labute approximate surface area is 154 Å². The molecule has 0 bridgehead atoms. The van der Waals surface area contributed by atoms with E-state index in [0.717, 1.165) is 5.56 Å². The summed E-state index contributed by atoms with van der Waals surface area (Å²) in [4.78, 5) is 12.3. The van der Waals surface area contributed by atoms with Gasteiger partial charge < -0.3 is 0 Å². The summed E-state index contributed by atoms with van der Waals surface area (Å²) in [7, 11) is 0. The molecule has 0 spiro atoms. The minimum atomic E-state index is -0.304. The van der Waals surface area contributed by atoms with Gasteiger partial charge in [-0.25, -0.2) is 16.3 Å². The molecule has 5 nitrogen and oxygen atoms in total. The van der Waals surface area contributed by atoms with Gasteiger partial charge in [-0.1, -0.05) is 67.9 Å². The molecule has 3 N–H and O–H groups in total. The van der Waals surface area contributed by atoms with Gasteiger partial charge in [0, 0.05) is 6.04 Å². The zero-order valence-corrected chi connectivity index (χ0v) is 15.5. The monoisotopic (exact) mass is 350 g/mol. The van der Waals surface area contributed by atoms with E-state index >= 15 is 0 Å². The zero-order chi connectivity index (χ0) is 18.5. The number of hydrogen-bond acceptors (Lipinski definition) is 4. The van der Waals surface area contributed by atoms with Crippen molar-refractivity contribution in [1.29, 1.82) is 0 Å². The number of benzene rings is 2. The molecule has 1 aliphatic heterocycles. The fourth-order valence-electron chi connectivity index (χ4n) is 2.96. The quantitative estimate of drug-likeness (QED) is 0.573. The van der Waals surface area contributed by atoms with Crippen molar-refractivity contribution in [3.8, 4) is 0 Å². The fraction of sp³-hybridized carbons (Fsp3) is 0.333. The molecule has 1 aliphatic rings. The van der Waals surface area contributed by atoms with Crippen molar-refractivity contribution in [3.05, 3.63) is 70.8 Å². The molecule has 5 heteroatoms. The Hall–Kier alpha value is -2.50. The molecule has 2 atom stereocenters. The lowest BCUT2D eigenvalue weighted by Gasteiger charge is -2.09. The van der Waals surface area contributed by atoms with Gasteiger partial charge in [-0.15, -0.1) is 0 Å². The number of aryl methyl sites for hydroxylation is 1. The van der Waals surface area contributed by atoms with E-state index in [1.165, 1.54) is 16.7 Å². The van der Waals surface area contributed by atoms with E-state index in [4.69, 9.17) is 0 Å². The van der Waals surface area contributed by atoms with E-state index < -0.39 is 0 Å².